The summed E-state index contributed by atoms with van der Waals surface area (Å²) in [6.45, 7) is 5.42. The van der Waals surface area contributed by atoms with E-state index in [9.17, 15) is 26.0 Å². The van der Waals surface area contributed by atoms with Crippen LogP contribution in [0.5, 0.6) is 0 Å². The zero-order chi connectivity index (χ0) is 30.9. The fraction of sp³-hybridized carbons (Fsp3) is 0.516. The van der Waals surface area contributed by atoms with Crippen molar-refractivity contribution in [3.8, 4) is 5.69 Å². The second kappa shape index (κ2) is 12.7. The van der Waals surface area contributed by atoms with Gasteiger partial charge >= 0.3 is 5.69 Å². The summed E-state index contributed by atoms with van der Waals surface area (Å²) in [4.78, 5) is 15.9. The highest BCUT2D eigenvalue weighted by Crippen LogP contribution is 2.37. The van der Waals surface area contributed by atoms with Gasteiger partial charge in [0.2, 0.25) is 10.0 Å². The van der Waals surface area contributed by atoms with Gasteiger partial charge in [-0.15, -0.1) is 0 Å². The SMILES string of the molecule is Cc1cc(F)cc([C@H](CCN2CCC(n3ccn(-c4ccc(S(C)(=O)=O)cc4)c3=O)CC2)C2CCN(S(C)(=O)=O)CC2)c1. The van der Waals surface area contributed by atoms with Gasteiger partial charge in [0.15, 0.2) is 9.84 Å². The van der Waals surface area contributed by atoms with E-state index in [1.807, 2.05) is 6.92 Å². The van der Waals surface area contributed by atoms with Gasteiger partial charge in [-0.3, -0.25) is 9.13 Å². The van der Waals surface area contributed by atoms with Crippen LogP contribution in [0.3, 0.4) is 0 Å². The van der Waals surface area contributed by atoms with Crippen molar-refractivity contribution in [2.75, 3.05) is 45.2 Å². The van der Waals surface area contributed by atoms with E-state index in [0.29, 0.717) is 18.8 Å². The average molecular weight is 633 g/mol. The first-order valence-corrected chi connectivity index (χ1v) is 18.6. The van der Waals surface area contributed by atoms with E-state index in [0.717, 1.165) is 69.1 Å². The minimum absolute atomic E-state index is 0.0716. The highest BCUT2D eigenvalue weighted by Gasteiger charge is 2.32. The molecule has 0 spiro atoms. The topological polar surface area (TPSA) is 102 Å². The lowest BCUT2D eigenvalue weighted by molar-refractivity contribution is 0.166. The van der Waals surface area contributed by atoms with Gasteiger partial charge < -0.3 is 4.90 Å². The zero-order valence-electron chi connectivity index (χ0n) is 25.0. The maximum atomic E-state index is 14.4. The molecule has 1 aromatic heterocycles. The standard InChI is InChI=1S/C31H41FN4O5S2/c1-23-20-25(22-26(32)21-23)30(24-8-16-34(17-9-24)43(3,40)41)12-15-33-13-10-28(11-14-33)36-19-18-35(31(36)37)27-4-6-29(7-5-27)42(2,38)39/h4-7,18-22,24,28,30H,8-17H2,1-3H3/t30-/m1/s1. The van der Waals surface area contributed by atoms with Crippen LogP contribution in [-0.2, 0) is 19.9 Å². The Morgan fingerprint density at radius 1 is 0.884 bits per heavy atom. The molecule has 0 aliphatic carbocycles. The Morgan fingerprint density at radius 3 is 2.12 bits per heavy atom. The molecule has 5 rings (SSSR count). The molecule has 0 amide bonds. The Kier molecular flexibility index (Phi) is 9.31. The van der Waals surface area contributed by atoms with Gasteiger partial charge in [-0.25, -0.2) is 30.3 Å². The Bertz CT molecular complexity index is 1680. The number of hydrogen-bond donors (Lipinski definition) is 0. The van der Waals surface area contributed by atoms with Gasteiger partial charge in [-0.05, 0) is 105 Å². The molecule has 2 aromatic carbocycles. The van der Waals surface area contributed by atoms with Crippen LogP contribution in [0.4, 0.5) is 4.39 Å². The van der Waals surface area contributed by atoms with Crippen LogP contribution in [0, 0.1) is 18.7 Å². The smallest absolute Gasteiger partial charge is 0.303 e. The predicted octanol–water partition coefficient (Wildman–Crippen LogP) is 3.97. The van der Waals surface area contributed by atoms with Gasteiger partial charge in [-0.2, -0.15) is 0 Å². The number of sulfone groups is 1. The third kappa shape index (κ3) is 7.47. The van der Waals surface area contributed by atoms with E-state index in [4.69, 9.17) is 0 Å². The van der Waals surface area contributed by atoms with Crippen LogP contribution < -0.4 is 5.69 Å². The first kappa shape index (κ1) is 31.6. The minimum Gasteiger partial charge on any atom is -0.303 e. The van der Waals surface area contributed by atoms with E-state index in [-0.39, 0.29) is 34.3 Å². The van der Waals surface area contributed by atoms with E-state index >= 15 is 0 Å². The molecule has 0 saturated carbocycles. The predicted molar refractivity (Wildman–Crippen MR) is 165 cm³/mol. The molecule has 3 aromatic rings. The molecule has 1 atom stereocenters. The highest BCUT2D eigenvalue weighted by atomic mass is 32.2. The Balaban J connectivity index is 1.22. The van der Waals surface area contributed by atoms with Crippen LogP contribution in [-0.4, -0.2) is 80.4 Å². The summed E-state index contributed by atoms with van der Waals surface area (Å²) in [5.41, 5.74) is 2.35. The van der Waals surface area contributed by atoms with Gasteiger partial charge in [0.1, 0.15) is 5.82 Å². The number of piperidine rings is 2. The number of hydrogen-bond acceptors (Lipinski definition) is 6. The molecule has 234 valence electrons. The number of rotatable bonds is 9. The number of nitrogens with zero attached hydrogens (tertiary/aromatic N) is 4. The average Bonchev–Trinajstić information content (AvgIpc) is 3.33. The monoisotopic (exact) mass is 632 g/mol. The van der Waals surface area contributed by atoms with Crippen LogP contribution in [0.1, 0.15) is 55.2 Å². The van der Waals surface area contributed by atoms with Crippen molar-refractivity contribution < 1.29 is 21.2 Å². The summed E-state index contributed by atoms with van der Waals surface area (Å²) in [6, 6.07) is 11.6. The number of sulfonamides is 1. The molecule has 43 heavy (non-hydrogen) atoms. The van der Waals surface area contributed by atoms with Crippen LogP contribution in [0.2, 0.25) is 0 Å². The number of halogens is 1. The second-order valence-electron chi connectivity index (χ2n) is 12.2. The summed E-state index contributed by atoms with van der Waals surface area (Å²) in [5, 5.41) is 0. The molecule has 0 N–H and O–H groups in total. The normalized spacial score (nSPS) is 19.1. The number of aromatic nitrogens is 2. The van der Waals surface area contributed by atoms with E-state index < -0.39 is 19.9 Å². The Labute approximate surface area is 253 Å². The number of imidazole rings is 1. The lowest BCUT2D eigenvalue weighted by Crippen LogP contribution is -2.40. The van der Waals surface area contributed by atoms with Crippen LogP contribution >= 0.6 is 0 Å². The van der Waals surface area contributed by atoms with E-state index in [1.165, 1.54) is 24.5 Å². The summed E-state index contributed by atoms with van der Waals surface area (Å²) in [5.74, 6) is 0.180. The minimum atomic E-state index is -3.31. The maximum Gasteiger partial charge on any atom is 0.332 e. The molecule has 0 bridgehead atoms. The molecule has 0 radical (unpaired) electrons. The maximum absolute atomic E-state index is 14.4. The Hall–Kier alpha value is -2.80. The first-order chi connectivity index (χ1) is 20.3. The van der Waals surface area contributed by atoms with Crippen molar-refractivity contribution >= 4 is 19.9 Å². The van der Waals surface area contributed by atoms with Crippen LogP contribution in [0.15, 0.2) is 64.5 Å². The summed E-state index contributed by atoms with van der Waals surface area (Å²) in [7, 11) is -6.53. The van der Waals surface area contributed by atoms with Gasteiger partial charge in [0.05, 0.1) is 16.8 Å². The van der Waals surface area contributed by atoms with E-state index in [2.05, 4.69) is 11.0 Å². The molecule has 2 fully saturated rings. The lowest BCUT2D eigenvalue weighted by atomic mass is 9.78. The molecule has 3 heterocycles. The van der Waals surface area contributed by atoms with Crippen molar-refractivity contribution in [2.45, 2.75) is 55.9 Å². The Morgan fingerprint density at radius 2 is 1.53 bits per heavy atom. The molecule has 2 saturated heterocycles. The van der Waals surface area contributed by atoms with Crippen LogP contribution in [0.25, 0.3) is 5.69 Å². The van der Waals surface area contributed by atoms with Gasteiger partial charge in [-0.1, -0.05) is 6.07 Å². The van der Waals surface area contributed by atoms with Crippen molar-refractivity contribution in [2.24, 2.45) is 5.92 Å². The molecular weight excluding hydrogens is 591 g/mol. The number of benzene rings is 2. The summed E-state index contributed by atoms with van der Waals surface area (Å²) < 4.78 is 66.9. The lowest BCUT2D eigenvalue weighted by Gasteiger charge is -2.37. The molecule has 2 aliphatic heterocycles. The second-order valence-corrected chi connectivity index (χ2v) is 16.2. The molecule has 9 nitrogen and oxygen atoms in total. The van der Waals surface area contributed by atoms with E-state index in [1.54, 1.807) is 44.0 Å². The van der Waals surface area contributed by atoms with Crippen molar-refractivity contribution in [1.82, 2.24) is 18.3 Å². The highest BCUT2D eigenvalue weighted by molar-refractivity contribution is 7.90. The number of likely N-dealkylation sites (tertiary alicyclic amines) is 1. The fourth-order valence-electron chi connectivity index (χ4n) is 6.72. The summed E-state index contributed by atoms with van der Waals surface area (Å²) >= 11 is 0. The first-order valence-electron chi connectivity index (χ1n) is 14.8. The molecular formula is C31H41FN4O5S2. The van der Waals surface area contributed by atoms with Crippen molar-refractivity contribution in [3.05, 3.63) is 82.3 Å². The number of aryl methyl sites for hydroxylation is 1. The van der Waals surface area contributed by atoms with Crippen molar-refractivity contribution in [1.29, 1.82) is 0 Å². The van der Waals surface area contributed by atoms with Crippen molar-refractivity contribution in [3.63, 3.8) is 0 Å². The largest absolute Gasteiger partial charge is 0.332 e. The summed E-state index contributed by atoms with van der Waals surface area (Å²) in [6.07, 6.45) is 9.97. The van der Waals surface area contributed by atoms with Gasteiger partial charge in [0.25, 0.3) is 0 Å². The zero-order valence-corrected chi connectivity index (χ0v) is 26.7. The molecule has 12 heteroatoms. The molecule has 2 aliphatic rings. The quantitative estimate of drug-likeness (QED) is 0.354. The van der Waals surface area contributed by atoms with Gasteiger partial charge in [0, 0.05) is 50.9 Å². The fourth-order valence-corrected chi connectivity index (χ4v) is 8.23. The molecule has 0 unspecified atom stereocenters. The third-order valence-corrected chi connectivity index (χ3v) is 11.5. The third-order valence-electron chi connectivity index (χ3n) is 9.08.